The van der Waals surface area contributed by atoms with Gasteiger partial charge in [-0.15, -0.1) is 0 Å². The summed E-state index contributed by atoms with van der Waals surface area (Å²) in [5.74, 6) is -0.263. The normalized spacial score (nSPS) is 17.3. The molecule has 0 aliphatic heterocycles. The summed E-state index contributed by atoms with van der Waals surface area (Å²) in [6.45, 7) is 2.96. The third kappa shape index (κ3) is 2.67. The number of hydrogen-bond acceptors (Lipinski definition) is 3. The van der Waals surface area contributed by atoms with Crippen molar-refractivity contribution < 1.29 is 9.53 Å². The molecule has 1 aliphatic rings. The maximum atomic E-state index is 11.6. The van der Waals surface area contributed by atoms with Gasteiger partial charge in [0.25, 0.3) is 0 Å². The van der Waals surface area contributed by atoms with Crippen LogP contribution in [0, 0.1) is 0 Å². The van der Waals surface area contributed by atoms with Gasteiger partial charge in [-0.1, -0.05) is 18.2 Å². The molecule has 0 aromatic heterocycles. The van der Waals surface area contributed by atoms with Gasteiger partial charge in [0.2, 0.25) is 0 Å². The first-order chi connectivity index (χ1) is 8.14. The molecule has 2 rings (SSSR count). The van der Waals surface area contributed by atoms with Gasteiger partial charge in [-0.25, -0.2) is 4.79 Å². The van der Waals surface area contributed by atoms with Crippen LogP contribution >= 0.6 is 0 Å². The average Bonchev–Trinajstić information content (AvgIpc) is 2.33. The van der Waals surface area contributed by atoms with Crippen molar-refractivity contribution in [3.05, 3.63) is 35.4 Å². The van der Waals surface area contributed by atoms with E-state index in [1.165, 1.54) is 26.4 Å². The molecule has 1 fully saturated rings. The fourth-order valence-corrected chi connectivity index (χ4v) is 2.18. The molecule has 1 N–H and O–H groups in total. The minimum absolute atomic E-state index is 0.253. The van der Waals surface area contributed by atoms with Crippen molar-refractivity contribution in [1.29, 1.82) is 0 Å². The van der Waals surface area contributed by atoms with Crippen molar-refractivity contribution in [2.45, 2.75) is 38.3 Å². The monoisotopic (exact) mass is 233 g/mol. The topological polar surface area (TPSA) is 38.3 Å². The zero-order valence-electron chi connectivity index (χ0n) is 10.5. The first-order valence-corrected chi connectivity index (χ1v) is 6.06. The highest BCUT2D eigenvalue weighted by Crippen LogP contribution is 2.31. The van der Waals surface area contributed by atoms with Gasteiger partial charge >= 0.3 is 5.97 Å². The fraction of sp³-hybridized carbons (Fsp3) is 0.500. The van der Waals surface area contributed by atoms with Crippen molar-refractivity contribution in [2.24, 2.45) is 0 Å². The number of nitrogens with one attached hydrogen (secondary N) is 1. The third-order valence-electron chi connectivity index (χ3n) is 3.59. The highest BCUT2D eigenvalue weighted by molar-refractivity contribution is 5.90. The first kappa shape index (κ1) is 12.1. The quantitative estimate of drug-likeness (QED) is 0.812. The lowest BCUT2D eigenvalue weighted by molar-refractivity contribution is 0.0598. The molecule has 17 heavy (non-hydrogen) atoms. The third-order valence-corrected chi connectivity index (χ3v) is 3.59. The molecule has 0 bridgehead atoms. The van der Waals surface area contributed by atoms with E-state index in [2.05, 4.69) is 12.2 Å². The van der Waals surface area contributed by atoms with Crippen LogP contribution in [0.1, 0.15) is 42.1 Å². The summed E-state index contributed by atoms with van der Waals surface area (Å²) >= 11 is 0. The van der Waals surface area contributed by atoms with Gasteiger partial charge in [-0.2, -0.15) is 0 Å². The van der Waals surface area contributed by atoms with E-state index in [1.54, 1.807) is 0 Å². The predicted molar refractivity (Wildman–Crippen MR) is 66.9 cm³/mol. The minimum Gasteiger partial charge on any atom is -0.465 e. The first-order valence-electron chi connectivity index (χ1n) is 6.06. The Labute approximate surface area is 102 Å². The van der Waals surface area contributed by atoms with Gasteiger partial charge < -0.3 is 10.1 Å². The van der Waals surface area contributed by atoms with Crippen molar-refractivity contribution in [2.75, 3.05) is 7.11 Å². The Hall–Kier alpha value is -1.35. The number of ether oxygens (including phenoxy) is 1. The molecule has 3 nitrogen and oxygen atoms in total. The van der Waals surface area contributed by atoms with E-state index in [1.807, 2.05) is 24.3 Å². The van der Waals surface area contributed by atoms with E-state index < -0.39 is 0 Å². The van der Waals surface area contributed by atoms with Crippen LogP contribution in [0.25, 0.3) is 0 Å². The lowest BCUT2D eigenvalue weighted by atomic mass is 9.78. The number of methoxy groups -OCH3 is 1. The maximum Gasteiger partial charge on any atom is 0.338 e. The largest absolute Gasteiger partial charge is 0.465 e. The minimum atomic E-state index is -0.263. The van der Waals surface area contributed by atoms with Gasteiger partial charge in [0, 0.05) is 12.1 Å². The smallest absolute Gasteiger partial charge is 0.338 e. The van der Waals surface area contributed by atoms with Crippen molar-refractivity contribution in [1.82, 2.24) is 5.32 Å². The van der Waals surface area contributed by atoms with Gasteiger partial charge in [-0.3, -0.25) is 0 Å². The molecule has 1 aliphatic carbocycles. The number of carbonyl (C=O) groups excluding carboxylic acids is 1. The molecule has 0 heterocycles. The predicted octanol–water partition coefficient (Wildman–Crippen LogP) is 2.51. The fourth-order valence-electron chi connectivity index (χ4n) is 2.18. The molecule has 1 aromatic carbocycles. The summed E-state index contributed by atoms with van der Waals surface area (Å²) < 4.78 is 4.78. The Morgan fingerprint density at radius 1 is 1.41 bits per heavy atom. The molecule has 92 valence electrons. The molecule has 1 aromatic rings. The number of hydrogen-bond donors (Lipinski definition) is 1. The molecule has 1 saturated carbocycles. The van der Waals surface area contributed by atoms with E-state index in [-0.39, 0.29) is 11.5 Å². The number of esters is 1. The van der Waals surface area contributed by atoms with E-state index in [9.17, 15) is 4.79 Å². The standard InChI is InChI=1S/C14H19NO2/c1-14(8-5-9-14)15-10-11-6-3-4-7-12(11)13(16)17-2/h3-4,6-7,15H,5,8-10H2,1-2H3. The summed E-state index contributed by atoms with van der Waals surface area (Å²) in [5, 5.41) is 3.52. The molecule has 0 unspecified atom stereocenters. The second kappa shape index (κ2) is 4.88. The molecule has 0 radical (unpaired) electrons. The maximum absolute atomic E-state index is 11.6. The van der Waals surface area contributed by atoms with Crippen molar-refractivity contribution >= 4 is 5.97 Å². The Morgan fingerprint density at radius 3 is 2.71 bits per heavy atom. The lowest BCUT2D eigenvalue weighted by Crippen LogP contribution is -2.47. The molecular formula is C14H19NO2. The number of benzene rings is 1. The summed E-state index contributed by atoms with van der Waals surface area (Å²) in [4.78, 5) is 11.6. The summed E-state index contributed by atoms with van der Waals surface area (Å²) in [5.41, 5.74) is 1.92. The van der Waals surface area contributed by atoms with Gasteiger partial charge in [0.15, 0.2) is 0 Å². The van der Waals surface area contributed by atoms with Crippen LogP contribution < -0.4 is 5.32 Å². The average molecular weight is 233 g/mol. The Balaban J connectivity index is 2.07. The van der Waals surface area contributed by atoms with Crippen LogP contribution in [0.5, 0.6) is 0 Å². The molecule has 0 saturated heterocycles. The van der Waals surface area contributed by atoms with E-state index >= 15 is 0 Å². The van der Waals surface area contributed by atoms with Gasteiger partial charge in [0.1, 0.15) is 0 Å². The second-order valence-corrected chi connectivity index (χ2v) is 4.92. The summed E-state index contributed by atoms with van der Waals surface area (Å²) in [6.07, 6.45) is 3.73. The van der Waals surface area contributed by atoms with E-state index in [4.69, 9.17) is 4.74 Å². The second-order valence-electron chi connectivity index (χ2n) is 4.92. The van der Waals surface area contributed by atoms with Gasteiger partial charge in [0.05, 0.1) is 12.7 Å². The van der Waals surface area contributed by atoms with Crippen LogP contribution in [0.4, 0.5) is 0 Å². The Morgan fingerprint density at radius 2 is 2.12 bits per heavy atom. The van der Waals surface area contributed by atoms with Crippen LogP contribution in [-0.2, 0) is 11.3 Å². The SMILES string of the molecule is COC(=O)c1ccccc1CNC1(C)CCC1. The zero-order chi connectivity index (χ0) is 12.3. The molecule has 0 amide bonds. The van der Waals surface area contributed by atoms with Crippen LogP contribution in [-0.4, -0.2) is 18.6 Å². The van der Waals surface area contributed by atoms with Gasteiger partial charge in [-0.05, 0) is 37.8 Å². The summed E-state index contributed by atoms with van der Waals surface area (Å²) in [6, 6.07) is 7.60. The van der Waals surface area contributed by atoms with Crippen LogP contribution in [0.2, 0.25) is 0 Å². The highest BCUT2D eigenvalue weighted by atomic mass is 16.5. The zero-order valence-corrected chi connectivity index (χ0v) is 10.5. The van der Waals surface area contributed by atoms with Crippen molar-refractivity contribution in [3.63, 3.8) is 0 Å². The highest BCUT2D eigenvalue weighted by Gasteiger charge is 2.31. The Kier molecular flexibility index (Phi) is 3.48. The molecule has 0 atom stereocenters. The van der Waals surface area contributed by atoms with E-state index in [0.29, 0.717) is 5.56 Å². The molecule has 3 heteroatoms. The van der Waals surface area contributed by atoms with Crippen LogP contribution in [0.3, 0.4) is 0 Å². The molecule has 0 spiro atoms. The Bertz CT molecular complexity index is 410. The number of carbonyl (C=O) groups is 1. The number of rotatable bonds is 4. The lowest BCUT2D eigenvalue weighted by Gasteiger charge is -2.39. The van der Waals surface area contributed by atoms with E-state index in [0.717, 1.165) is 12.1 Å². The van der Waals surface area contributed by atoms with Crippen molar-refractivity contribution in [3.8, 4) is 0 Å². The molecular weight excluding hydrogens is 214 g/mol. The summed E-state index contributed by atoms with van der Waals surface area (Å²) in [7, 11) is 1.42. The van der Waals surface area contributed by atoms with Crippen LogP contribution in [0.15, 0.2) is 24.3 Å².